The van der Waals surface area contributed by atoms with Crippen molar-refractivity contribution < 1.29 is 22.7 Å². The standard InChI is InChI=1S/C21H26F3N3O3S/c1-4-27(14-5-7-30-8-6-14)20-13(3)16(11-31-20)18(28)25-10-15-17(21(22,23)24)9-12(2)26-19(15)29/h9,11,14H,4-8,10H2,1-3H3,(H,25,28)(H,26,29). The van der Waals surface area contributed by atoms with Crippen molar-refractivity contribution in [3.05, 3.63) is 49.7 Å². The Bertz CT molecular complexity index is 994. The fourth-order valence-corrected chi connectivity index (χ4v) is 5.10. The van der Waals surface area contributed by atoms with Gasteiger partial charge in [-0.25, -0.2) is 0 Å². The molecule has 6 nitrogen and oxygen atoms in total. The highest BCUT2D eigenvalue weighted by Crippen LogP contribution is 2.34. The number of nitrogens with zero attached hydrogens (tertiary/aromatic N) is 1. The first-order valence-electron chi connectivity index (χ1n) is 10.1. The van der Waals surface area contributed by atoms with Gasteiger partial charge in [-0.3, -0.25) is 9.59 Å². The minimum absolute atomic E-state index is 0.110. The van der Waals surface area contributed by atoms with Crippen molar-refractivity contribution in [3.63, 3.8) is 0 Å². The zero-order chi connectivity index (χ0) is 22.8. The summed E-state index contributed by atoms with van der Waals surface area (Å²) in [6, 6.07) is 1.21. The van der Waals surface area contributed by atoms with E-state index in [9.17, 15) is 22.8 Å². The summed E-state index contributed by atoms with van der Waals surface area (Å²) in [5.41, 5.74) is -1.09. The van der Waals surface area contributed by atoms with Crippen molar-refractivity contribution >= 4 is 22.2 Å². The quantitative estimate of drug-likeness (QED) is 0.688. The number of H-pyrrole nitrogens is 1. The second-order valence-electron chi connectivity index (χ2n) is 7.56. The van der Waals surface area contributed by atoms with Crippen LogP contribution >= 0.6 is 11.3 Å². The highest BCUT2D eigenvalue weighted by atomic mass is 32.1. The summed E-state index contributed by atoms with van der Waals surface area (Å²) >= 11 is 1.44. The van der Waals surface area contributed by atoms with Crippen LogP contribution in [0.5, 0.6) is 0 Å². The highest BCUT2D eigenvalue weighted by molar-refractivity contribution is 7.14. The number of hydrogen-bond donors (Lipinski definition) is 2. The molecular weight excluding hydrogens is 431 g/mol. The molecule has 0 saturated carbocycles. The van der Waals surface area contributed by atoms with Gasteiger partial charge in [-0.05, 0) is 45.2 Å². The molecule has 10 heteroatoms. The monoisotopic (exact) mass is 457 g/mol. The fourth-order valence-electron chi connectivity index (χ4n) is 3.89. The molecular formula is C21H26F3N3O3S. The highest BCUT2D eigenvalue weighted by Gasteiger charge is 2.35. The Morgan fingerprint density at radius 3 is 2.61 bits per heavy atom. The van der Waals surface area contributed by atoms with Gasteiger partial charge in [0.2, 0.25) is 0 Å². The van der Waals surface area contributed by atoms with Gasteiger partial charge in [0.1, 0.15) is 0 Å². The minimum atomic E-state index is -4.68. The number of ether oxygens (including phenoxy) is 1. The number of rotatable bonds is 6. The molecule has 2 aromatic rings. The third kappa shape index (κ3) is 5.12. The molecule has 0 spiro atoms. The van der Waals surface area contributed by atoms with Crippen molar-refractivity contribution in [2.75, 3.05) is 24.7 Å². The molecule has 2 N–H and O–H groups in total. The molecule has 0 radical (unpaired) electrons. The van der Waals surface area contributed by atoms with E-state index in [4.69, 9.17) is 4.74 Å². The number of hydrogen-bond acceptors (Lipinski definition) is 5. The summed E-state index contributed by atoms with van der Waals surface area (Å²) in [6.45, 7) is 6.94. The molecule has 0 unspecified atom stereocenters. The SMILES string of the molecule is CCN(c1scc(C(=O)NCc2c(C(F)(F)F)cc(C)[nH]c2=O)c1C)C1CCOCC1. The molecule has 3 rings (SSSR count). The predicted octanol–water partition coefficient (Wildman–Crippen LogP) is 4.01. The van der Waals surface area contributed by atoms with Gasteiger partial charge in [0, 0.05) is 49.0 Å². The third-order valence-corrected chi connectivity index (χ3v) is 6.61. The third-order valence-electron chi connectivity index (χ3n) is 5.49. The van der Waals surface area contributed by atoms with Crippen LogP contribution < -0.4 is 15.8 Å². The van der Waals surface area contributed by atoms with Crippen LogP contribution in [0, 0.1) is 13.8 Å². The van der Waals surface area contributed by atoms with Crippen LogP contribution in [0.4, 0.5) is 18.2 Å². The summed E-state index contributed by atoms with van der Waals surface area (Å²) < 4.78 is 45.5. The predicted molar refractivity (Wildman–Crippen MR) is 114 cm³/mol. The first kappa shape index (κ1) is 23.3. The van der Waals surface area contributed by atoms with Gasteiger partial charge in [-0.2, -0.15) is 13.2 Å². The van der Waals surface area contributed by atoms with Crippen LogP contribution in [-0.4, -0.2) is 36.7 Å². The van der Waals surface area contributed by atoms with Crippen molar-refractivity contribution in [3.8, 4) is 0 Å². The average molecular weight is 458 g/mol. The fraction of sp³-hybridized carbons (Fsp3) is 0.524. The summed E-state index contributed by atoms with van der Waals surface area (Å²) in [4.78, 5) is 29.5. The number of carbonyl (C=O) groups excluding carboxylic acids is 1. The largest absolute Gasteiger partial charge is 0.417 e. The van der Waals surface area contributed by atoms with E-state index in [1.165, 1.54) is 18.3 Å². The Morgan fingerprint density at radius 1 is 1.32 bits per heavy atom. The van der Waals surface area contributed by atoms with Crippen molar-refractivity contribution in [1.29, 1.82) is 0 Å². The number of nitrogens with one attached hydrogen (secondary N) is 2. The van der Waals surface area contributed by atoms with Gasteiger partial charge in [0.05, 0.1) is 16.1 Å². The number of anilines is 1. The zero-order valence-corrected chi connectivity index (χ0v) is 18.5. The van der Waals surface area contributed by atoms with E-state index >= 15 is 0 Å². The Morgan fingerprint density at radius 2 is 2.00 bits per heavy atom. The molecule has 31 heavy (non-hydrogen) atoms. The molecule has 170 valence electrons. The van der Waals surface area contributed by atoms with Gasteiger partial charge >= 0.3 is 6.18 Å². The molecule has 1 fully saturated rings. The van der Waals surface area contributed by atoms with Gasteiger partial charge in [-0.15, -0.1) is 11.3 Å². The first-order valence-corrected chi connectivity index (χ1v) is 11.0. The Balaban J connectivity index is 1.79. The summed E-state index contributed by atoms with van der Waals surface area (Å²) in [5.74, 6) is -0.504. The lowest BCUT2D eigenvalue weighted by Gasteiger charge is -2.34. The molecule has 0 aliphatic carbocycles. The van der Waals surface area contributed by atoms with Crippen molar-refractivity contribution in [2.24, 2.45) is 0 Å². The maximum Gasteiger partial charge on any atom is 0.417 e. The number of aromatic nitrogens is 1. The lowest BCUT2D eigenvalue weighted by Crippen LogP contribution is -2.39. The minimum Gasteiger partial charge on any atom is -0.381 e. The van der Waals surface area contributed by atoms with E-state index in [-0.39, 0.29) is 5.69 Å². The van der Waals surface area contributed by atoms with E-state index in [0.717, 1.165) is 36.0 Å². The number of pyridine rings is 1. The van der Waals surface area contributed by atoms with E-state index in [0.29, 0.717) is 24.8 Å². The smallest absolute Gasteiger partial charge is 0.381 e. The number of aryl methyl sites for hydroxylation is 1. The van der Waals surface area contributed by atoms with Crippen LogP contribution in [0.25, 0.3) is 0 Å². The van der Waals surface area contributed by atoms with Gasteiger partial charge in [-0.1, -0.05) is 0 Å². The van der Waals surface area contributed by atoms with Gasteiger partial charge in [0.25, 0.3) is 11.5 Å². The maximum absolute atomic E-state index is 13.3. The van der Waals surface area contributed by atoms with E-state index < -0.39 is 35.3 Å². The van der Waals surface area contributed by atoms with Gasteiger partial charge < -0.3 is 19.9 Å². The number of alkyl halides is 3. The topological polar surface area (TPSA) is 74.4 Å². The van der Waals surface area contributed by atoms with Crippen LogP contribution in [-0.2, 0) is 17.5 Å². The zero-order valence-electron chi connectivity index (χ0n) is 17.7. The Labute approximate surface area is 182 Å². The maximum atomic E-state index is 13.3. The Hall–Kier alpha value is -2.33. The summed E-state index contributed by atoms with van der Waals surface area (Å²) in [6.07, 6.45) is -2.87. The molecule has 0 aromatic carbocycles. The second kappa shape index (κ2) is 9.44. The Kier molecular flexibility index (Phi) is 7.10. The summed E-state index contributed by atoms with van der Waals surface area (Å²) in [5, 5.41) is 5.18. The molecule has 1 amide bonds. The van der Waals surface area contributed by atoms with Crippen LogP contribution in [0.3, 0.4) is 0 Å². The van der Waals surface area contributed by atoms with E-state index in [1.54, 1.807) is 5.38 Å². The molecule has 0 atom stereocenters. The molecule has 1 saturated heterocycles. The number of halogens is 3. The lowest BCUT2D eigenvalue weighted by atomic mass is 10.1. The second-order valence-corrected chi connectivity index (χ2v) is 8.42. The number of amides is 1. The molecule has 0 bridgehead atoms. The van der Waals surface area contributed by atoms with Crippen LogP contribution in [0.2, 0.25) is 0 Å². The van der Waals surface area contributed by atoms with E-state index in [2.05, 4.69) is 22.1 Å². The van der Waals surface area contributed by atoms with Crippen molar-refractivity contribution in [1.82, 2.24) is 10.3 Å². The molecule has 2 aromatic heterocycles. The normalized spacial score (nSPS) is 15.2. The van der Waals surface area contributed by atoms with E-state index in [1.807, 2.05) is 6.92 Å². The van der Waals surface area contributed by atoms with Crippen LogP contribution in [0.15, 0.2) is 16.2 Å². The molecule has 1 aliphatic heterocycles. The number of thiophene rings is 1. The summed E-state index contributed by atoms with van der Waals surface area (Å²) in [7, 11) is 0. The van der Waals surface area contributed by atoms with Crippen LogP contribution in [0.1, 0.15) is 52.5 Å². The van der Waals surface area contributed by atoms with Crippen molar-refractivity contribution in [2.45, 2.75) is 52.4 Å². The molecule has 3 heterocycles. The number of aromatic amines is 1. The lowest BCUT2D eigenvalue weighted by molar-refractivity contribution is -0.138. The van der Waals surface area contributed by atoms with Gasteiger partial charge in [0.15, 0.2) is 0 Å². The molecule has 1 aliphatic rings. The number of carbonyl (C=O) groups is 1. The first-order chi connectivity index (χ1) is 14.6. The average Bonchev–Trinajstić information content (AvgIpc) is 3.09.